The highest BCUT2D eigenvalue weighted by Crippen LogP contribution is 2.04. The first kappa shape index (κ1) is 30.9. The summed E-state index contributed by atoms with van der Waals surface area (Å²) in [5, 5.41) is 25.3. The first-order valence-electron chi connectivity index (χ1n) is 10.5. The zero-order chi connectivity index (χ0) is 26.3. The summed E-state index contributed by atoms with van der Waals surface area (Å²) in [6.45, 7) is 1.57. The van der Waals surface area contributed by atoms with Gasteiger partial charge in [0.15, 0.2) is 5.96 Å². The average Bonchev–Trinajstić information content (AvgIpc) is 2.75. The molecule has 0 aliphatic heterocycles. The molecule has 0 aromatic rings. The van der Waals surface area contributed by atoms with Crippen LogP contribution in [0.1, 0.15) is 39.0 Å². The molecule has 0 bridgehead atoms. The Morgan fingerprint density at radius 1 is 0.912 bits per heavy atom. The number of nitrogens with zero attached hydrogens (tertiary/aromatic N) is 1. The number of carbonyl (C=O) groups excluding carboxylic acids is 3. The molecule has 0 saturated carbocycles. The smallest absolute Gasteiger partial charge is 0.326 e. The van der Waals surface area contributed by atoms with Crippen LogP contribution in [0.5, 0.6) is 0 Å². The summed E-state index contributed by atoms with van der Waals surface area (Å²) in [6.07, 6.45) is 2.02. The van der Waals surface area contributed by atoms with Crippen LogP contribution in [0.2, 0.25) is 0 Å². The van der Waals surface area contributed by atoms with Gasteiger partial charge in [0.05, 0.1) is 6.04 Å². The molecule has 0 aliphatic carbocycles. The van der Waals surface area contributed by atoms with E-state index in [-0.39, 0.29) is 38.2 Å². The Kier molecular flexibility index (Phi) is 15.0. The van der Waals surface area contributed by atoms with Crippen molar-refractivity contribution >= 4 is 47.4 Å². The summed E-state index contributed by atoms with van der Waals surface area (Å²) in [5.41, 5.74) is 16.1. The van der Waals surface area contributed by atoms with Gasteiger partial charge in [0, 0.05) is 13.0 Å². The summed E-state index contributed by atoms with van der Waals surface area (Å²) in [6, 6.07) is -4.43. The van der Waals surface area contributed by atoms with Crippen LogP contribution in [0.4, 0.5) is 0 Å². The molecule has 34 heavy (non-hydrogen) atoms. The molecule has 0 spiro atoms. The summed E-state index contributed by atoms with van der Waals surface area (Å²) < 4.78 is 0. The molecule has 0 heterocycles. The largest absolute Gasteiger partial charge is 0.481 e. The number of nitrogens with one attached hydrogen (secondary N) is 3. The molecule has 0 aromatic heterocycles. The zero-order valence-corrected chi connectivity index (χ0v) is 20.1. The van der Waals surface area contributed by atoms with E-state index in [9.17, 15) is 29.1 Å². The Labute approximate surface area is 201 Å². The molecule has 11 N–H and O–H groups in total. The van der Waals surface area contributed by atoms with Crippen LogP contribution in [0, 0.1) is 0 Å². The number of carboxylic acid groups (broad SMARTS) is 2. The first-order valence-corrected chi connectivity index (χ1v) is 11.9. The maximum atomic E-state index is 12.7. The highest BCUT2D eigenvalue weighted by molar-refractivity contribution is 7.98. The lowest BCUT2D eigenvalue weighted by Crippen LogP contribution is -2.56. The first-order chi connectivity index (χ1) is 15.9. The van der Waals surface area contributed by atoms with Crippen molar-refractivity contribution < 1.29 is 34.2 Å². The second kappa shape index (κ2) is 16.5. The van der Waals surface area contributed by atoms with E-state index >= 15 is 0 Å². The van der Waals surface area contributed by atoms with Crippen LogP contribution in [0.25, 0.3) is 0 Å². The second-order valence-electron chi connectivity index (χ2n) is 7.46. The van der Waals surface area contributed by atoms with Crippen molar-refractivity contribution in [2.24, 2.45) is 22.2 Å². The number of hydrogen-bond donors (Lipinski definition) is 8. The van der Waals surface area contributed by atoms with Gasteiger partial charge >= 0.3 is 11.9 Å². The average molecular weight is 506 g/mol. The van der Waals surface area contributed by atoms with E-state index in [1.165, 1.54) is 18.7 Å². The van der Waals surface area contributed by atoms with Gasteiger partial charge in [-0.05, 0) is 44.6 Å². The molecule has 4 unspecified atom stereocenters. The van der Waals surface area contributed by atoms with Gasteiger partial charge in [-0.1, -0.05) is 0 Å². The van der Waals surface area contributed by atoms with E-state index in [0.29, 0.717) is 12.2 Å². The minimum atomic E-state index is -1.25. The van der Waals surface area contributed by atoms with Crippen molar-refractivity contribution in [2.75, 3.05) is 18.6 Å². The maximum Gasteiger partial charge on any atom is 0.326 e. The number of amides is 3. The van der Waals surface area contributed by atoms with Crippen molar-refractivity contribution in [3.63, 3.8) is 0 Å². The third-order valence-electron chi connectivity index (χ3n) is 4.56. The Bertz CT molecular complexity index is 747. The highest BCUT2D eigenvalue weighted by atomic mass is 32.2. The Morgan fingerprint density at radius 2 is 1.53 bits per heavy atom. The fourth-order valence-corrected chi connectivity index (χ4v) is 3.10. The van der Waals surface area contributed by atoms with Gasteiger partial charge in [-0.15, -0.1) is 0 Å². The molecule has 0 saturated heterocycles. The topological polar surface area (TPSA) is 252 Å². The SMILES string of the molecule is CSCCC(NC(=O)C(N)CCC(=O)O)C(=O)NC(C)C(=O)NC(CCCN=C(N)N)C(=O)O. The number of rotatable bonds is 17. The minimum Gasteiger partial charge on any atom is -0.481 e. The third kappa shape index (κ3) is 13.5. The van der Waals surface area contributed by atoms with Crippen LogP contribution < -0.4 is 33.2 Å². The molecule has 194 valence electrons. The van der Waals surface area contributed by atoms with Crippen molar-refractivity contribution in [1.82, 2.24) is 16.0 Å². The molecular formula is C19H35N7O7S. The molecular weight excluding hydrogens is 470 g/mol. The molecule has 0 fully saturated rings. The summed E-state index contributed by atoms with van der Waals surface area (Å²) in [7, 11) is 0. The van der Waals surface area contributed by atoms with E-state index in [2.05, 4.69) is 20.9 Å². The van der Waals surface area contributed by atoms with E-state index in [1.807, 2.05) is 6.26 Å². The number of nitrogens with two attached hydrogens (primary N) is 3. The third-order valence-corrected chi connectivity index (χ3v) is 5.21. The summed E-state index contributed by atoms with van der Waals surface area (Å²) >= 11 is 1.44. The van der Waals surface area contributed by atoms with E-state index in [4.69, 9.17) is 22.3 Å². The number of aliphatic carboxylic acids is 2. The van der Waals surface area contributed by atoms with Crippen molar-refractivity contribution in [1.29, 1.82) is 0 Å². The van der Waals surface area contributed by atoms with Gasteiger partial charge in [-0.3, -0.25) is 24.2 Å². The molecule has 14 nitrogen and oxygen atoms in total. The van der Waals surface area contributed by atoms with E-state index in [1.54, 1.807) is 0 Å². The number of thioether (sulfide) groups is 1. The van der Waals surface area contributed by atoms with Crippen molar-refractivity contribution in [3.05, 3.63) is 0 Å². The van der Waals surface area contributed by atoms with Gasteiger partial charge in [0.1, 0.15) is 18.1 Å². The molecule has 4 atom stereocenters. The predicted molar refractivity (Wildman–Crippen MR) is 127 cm³/mol. The number of carboxylic acids is 2. The predicted octanol–water partition coefficient (Wildman–Crippen LogP) is -2.46. The Hall–Kier alpha value is -3.07. The molecule has 0 rings (SSSR count). The Morgan fingerprint density at radius 3 is 2.06 bits per heavy atom. The van der Waals surface area contributed by atoms with E-state index < -0.39 is 53.8 Å². The van der Waals surface area contributed by atoms with Gasteiger partial charge in [0.2, 0.25) is 17.7 Å². The maximum absolute atomic E-state index is 12.7. The van der Waals surface area contributed by atoms with Crippen molar-refractivity contribution in [3.8, 4) is 0 Å². The summed E-state index contributed by atoms with van der Waals surface area (Å²) in [5.74, 6) is -4.04. The summed E-state index contributed by atoms with van der Waals surface area (Å²) in [4.78, 5) is 63.2. The number of carbonyl (C=O) groups is 5. The van der Waals surface area contributed by atoms with Gasteiger partial charge in [-0.25, -0.2) is 4.79 Å². The van der Waals surface area contributed by atoms with Gasteiger partial charge < -0.3 is 43.4 Å². The molecule has 15 heteroatoms. The lowest BCUT2D eigenvalue weighted by molar-refractivity contribution is -0.142. The fraction of sp³-hybridized carbons (Fsp3) is 0.684. The van der Waals surface area contributed by atoms with Crippen molar-refractivity contribution in [2.45, 2.75) is 63.2 Å². The van der Waals surface area contributed by atoms with Crippen LogP contribution in [0.15, 0.2) is 4.99 Å². The fourth-order valence-electron chi connectivity index (χ4n) is 2.63. The molecule has 0 aliphatic rings. The van der Waals surface area contributed by atoms with E-state index in [0.717, 1.165) is 0 Å². The van der Waals surface area contributed by atoms with Crippen LogP contribution in [-0.4, -0.2) is 88.6 Å². The number of guanidine groups is 1. The highest BCUT2D eigenvalue weighted by Gasteiger charge is 2.28. The molecule has 0 radical (unpaired) electrons. The Balaban J connectivity index is 4.98. The molecule has 3 amide bonds. The lowest BCUT2D eigenvalue weighted by atomic mass is 10.1. The normalized spacial score (nSPS) is 14.1. The minimum absolute atomic E-state index is 0.0686. The quantitative estimate of drug-likeness (QED) is 0.0584. The van der Waals surface area contributed by atoms with Crippen LogP contribution in [-0.2, 0) is 24.0 Å². The van der Waals surface area contributed by atoms with Crippen LogP contribution in [0.3, 0.4) is 0 Å². The lowest BCUT2D eigenvalue weighted by Gasteiger charge is -2.23. The monoisotopic (exact) mass is 505 g/mol. The van der Waals surface area contributed by atoms with Gasteiger partial charge in [0.25, 0.3) is 0 Å². The zero-order valence-electron chi connectivity index (χ0n) is 19.3. The second-order valence-corrected chi connectivity index (χ2v) is 8.45. The number of hydrogen-bond acceptors (Lipinski definition) is 8. The number of aliphatic imine (C=N–C) groups is 1. The van der Waals surface area contributed by atoms with Crippen LogP contribution >= 0.6 is 11.8 Å². The van der Waals surface area contributed by atoms with Gasteiger partial charge in [-0.2, -0.15) is 11.8 Å². The molecule has 0 aromatic carbocycles. The standard InChI is InChI=1S/C19H35N7O7S/c1-10(15(29)26-13(18(32)33)4-3-8-23-19(21)22)24-17(31)12(7-9-34-2)25-16(30)11(20)5-6-14(27)28/h10-13H,3-9,20H2,1-2H3,(H,24,31)(H,25,30)(H,26,29)(H,27,28)(H,32,33)(H4,21,22,23).